The molecule has 2 aromatic rings. The number of halogens is 1. The van der Waals surface area contributed by atoms with Crippen molar-refractivity contribution in [3.05, 3.63) is 29.3 Å². The number of amides is 1. The number of nitrogens with one attached hydrogen (secondary N) is 1. The molecule has 0 fully saturated rings. The number of hydrogen-bond donors (Lipinski definition) is 2. The molecule has 112 valence electrons. The number of carbonyl (C=O) groups excluding carboxylic acids is 1. The molecule has 0 saturated heterocycles. The lowest BCUT2D eigenvalue weighted by molar-refractivity contribution is -0.120. The summed E-state index contributed by atoms with van der Waals surface area (Å²) in [5.41, 5.74) is 0.812. The lowest BCUT2D eigenvalue weighted by Crippen LogP contribution is -2.31. The van der Waals surface area contributed by atoms with Gasteiger partial charge in [0.1, 0.15) is 0 Å². The van der Waals surface area contributed by atoms with Crippen molar-refractivity contribution in [3.8, 4) is 11.4 Å². The van der Waals surface area contributed by atoms with Crippen molar-refractivity contribution in [2.24, 2.45) is 0 Å². The molecule has 0 unspecified atom stereocenters. The fraction of sp³-hybridized carbons (Fsp3) is 0.308. The van der Waals surface area contributed by atoms with Crippen LogP contribution in [0, 0.1) is 0 Å². The summed E-state index contributed by atoms with van der Waals surface area (Å²) >= 11 is 7.12. The van der Waals surface area contributed by atoms with Crippen molar-refractivity contribution < 1.29 is 4.79 Å². The number of thioether (sulfide) groups is 1. The largest absolute Gasteiger partial charge is 0.355 e. The first-order valence-electron chi connectivity index (χ1n) is 6.43. The maximum Gasteiger partial charge on any atom is 0.233 e. The van der Waals surface area contributed by atoms with Crippen molar-refractivity contribution >= 4 is 29.3 Å². The van der Waals surface area contributed by atoms with Crippen LogP contribution in [-0.4, -0.2) is 32.6 Å². The van der Waals surface area contributed by atoms with E-state index in [9.17, 15) is 4.79 Å². The number of nitrogens with zero attached hydrogens (tertiary/aromatic N) is 3. The molecule has 0 spiro atoms. The number of benzene rings is 1. The van der Waals surface area contributed by atoms with Gasteiger partial charge < -0.3 is 11.2 Å². The lowest BCUT2D eigenvalue weighted by Gasteiger charge is -2.10. The van der Waals surface area contributed by atoms with Crippen LogP contribution in [0.1, 0.15) is 13.8 Å². The van der Waals surface area contributed by atoms with Gasteiger partial charge in [-0.2, -0.15) is 0 Å². The van der Waals surface area contributed by atoms with Gasteiger partial charge >= 0.3 is 0 Å². The zero-order valence-electron chi connectivity index (χ0n) is 11.7. The molecule has 0 radical (unpaired) electrons. The van der Waals surface area contributed by atoms with E-state index in [0.29, 0.717) is 22.5 Å². The van der Waals surface area contributed by atoms with E-state index in [2.05, 4.69) is 15.5 Å². The quantitative estimate of drug-likeness (QED) is 0.648. The molecule has 0 bridgehead atoms. The van der Waals surface area contributed by atoms with Gasteiger partial charge in [-0.15, -0.1) is 10.2 Å². The van der Waals surface area contributed by atoms with Crippen LogP contribution in [0.3, 0.4) is 0 Å². The van der Waals surface area contributed by atoms with Gasteiger partial charge in [0.15, 0.2) is 5.82 Å². The van der Waals surface area contributed by atoms with Crippen molar-refractivity contribution in [3.63, 3.8) is 0 Å². The summed E-state index contributed by atoms with van der Waals surface area (Å²) < 4.78 is 1.38. The third-order valence-electron chi connectivity index (χ3n) is 2.77. The molecule has 0 aliphatic rings. The van der Waals surface area contributed by atoms with E-state index in [0.717, 1.165) is 5.56 Å². The minimum atomic E-state index is -0.297. The van der Waals surface area contributed by atoms with Crippen LogP contribution in [0.4, 0.5) is 0 Å². The number of aromatic nitrogens is 3. The zero-order valence-corrected chi connectivity index (χ0v) is 13.3. The zero-order chi connectivity index (χ0) is 15.4. The van der Waals surface area contributed by atoms with E-state index in [-0.39, 0.29) is 11.2 Å². The van der Waals surface area contributed by atoms with Gasteiger partial charge in [0.25, 0.3) is 0 Å². The van der Waals surface area contributed by atoms with Gasteiger partial charge in [0.2, 0.25) is 11.1 Å². The SMILES string of the molecule is CCNC(=O)[C@@H](C)Sc1nnc(-c2ccc(Cl)cc2)n1N. The molecule has 1 amide bonds. The maximum atomic E-state index is 11.7. The summed E-state index contributed by atoms with van der Waals surface area (Å²) in [6, 6.07) is 7.15. The average molecular weight is 326 g/mol. The number of carbonyl (C=O) groups is 1. The normalized spacial score (nSPS) is 12.1. The van der Waals surface area contributed by atoms with E-state index in [1.165, 1.54) is 16.4 Å². The molecule has 8 heteroatoms. The van der Waals surface area contributed by atoms with Gasteiger partial charge in [-0.1, -0.05) is 23.4 Å². The summed E-state index contributed by atoms with van der Waals surface area (Å²) in [7, 11) is 0. The lowest BCUT2D eigenvalue weighted by atomic mass is 10.2. The molecule has 3 N–H and O–H groups in total. The van der Waals surface area contributed by atoms with E-state index in [1.807, 2.05) is 19.1 Å². The monoisotopic (exact) mass is 325 g/mol. The highest BCUT2D eigenvalue weighted by Gasteiger charge is 2.19. The summed E-state index contributed by atoms with van der Waals surface area (Å²) in [4.78, 5) is 11.7. The van der Waals surface area contributed by atoms with Crippen molar-refractivity contribution in [1.29, 1.82) is 0 Å². The molecule has 0 aliphatic carbocycles. The summed E-state index contributed by atoms with van der Waals surface area (Å²) in [6.45, 7) is 4.26. The molecule has 6 nitrogen and oxygen atoms in total. The Balaban J connectivity index is 2.17. The minimum Gasteiger partial charge on any atom is -0.355 e. The van der Waals surface area contributed by atoms with Gasteiger partial charge in [0, 0.05) is 17.1 Å². The molecule has 0 aliphatic heterocycles. The van der Waals surface area contributed by atoms with Crippen LogP contribution in [0.25, 0.3) is 11.4 Å². The number of hydrogen-bond acceptors (Lipinski definition) is 5. The molecular weight excluding hydrogens is 310 g/mol. The van der Waals surface area contributed by atoms with Gasteiger partial charge in [-0.05, 0) is 38.1 Å². The van der Waals surface area contributed by atoms with Crippen LogP contribution in [0.15, 0.2) is 29.4 Å². The maximum absolute atomic E-state index is 11.7. The van der Waals surface area contributed by atoms with Crippen LogP contribution in [0.5, 0.6) is 0 Å². The predicted octanol–water partition coefficient (Wildman–Crippen LogP) is 1.93. The molecule has 0 saturated carbocycles. The Hall–Kier alpha value is -1.73. The van der Waals surface area contributed by atoms with Gasteiger partial charge in [-0.25, -0.2) is 4.68 Å². The van der Waals surface area contributed by atoms with Crippen molar-refractivity contribution in [2.45, 2.75) is 24.3 Å². The third kappa shape index (κ3) is 3.68. The smallest absolute Gasteiger partial charge is 0.233 e. The predicted molar refractivity (Wildman–Crippen MR) is 84.6 cm³/mol. The van der Waals surface area contributed by atoms with E-state index in [4.69, 9.17) is 17.4 Å². The molecule has 21 heavy (non-hydrogen) atoms. The fourth-order valence-electron chi connectivity index (χ4n) is 1.68. The Labute approximate surface area is 132 Å². The first kappa shape index (κ1) is 15.7. The second-order valence-corrected chi connectivity index (χ2v) is 6.08. The van der Waals surface area contributed by atoms with E-state index >= 15 is 0 Å². The number of rotatable bonds is 5. The standard InChI is InChI=1S/C13H16ClN5OS/c1-3-16-12(20)8(2)21-13-18-17-11(19(13)15)9-4-6-10(14)7-5-9/h4-8H,3,15H2,1-2H3,(H,16,20)/t8-/m1/s1. The average Bonchev–Trinajstić information content (AvgIpc) is 2.81. The second kappa shape index (κ2) is 6.82. The van der Waals surface area contributed by atoms with Crippen molar-refractivity contribution in [1.82, 2.24) is 20.2 Å². The fourth-order valence-corrected chi connectivity index (χ4v) is 2.60. The highest BCUT2D eigenvalue weighted by molar-refractivity contribution is 8.00. The summed E-state index contributed by atoms with van der Waals surface area (Å²) in [6.07, 6.45) is 0. The van der Waals surface area contributed by atoms with Gasteiger partial charge in [-0.3, -0.25) is 4.79 Å². The summed E-state index contributed by atoms with van der Waals surface area (Å²) in [5.74, 6) is 6.47. The second-order valence-electron chi connectivity index (χ2n) is 4.34. The van der Waals surface area contributed by atoms with Crippen LogP contribution in [0.2, 0.25) is 5.02 Å². The molecular formula is C13H16ClN5OS. The molecule has 1 aromatic heterocycles. The molecule has 2 rings (SSSR count). The van der Waals surface area contributed by atoms with Crippen LogP contribution >= 0.6 is 23.4 Å². The van der Waals surface area contributed by atoms with Gasteiger partial charge in [0.05, 0.1) is 5.25 Å². The Kier molecular flexibility index (Phi) is 5.08. The number of nitrogen functional groups attached to an aromatic ring is 1. The first-order valence-corrected chi connectivity index (χ1v) is 7.69. The molecule has 1 atom stereocenters. The third-order valence-corrected chi connectivity index (χ3v) is 4.08. The minimum absolute atomic E-state index is 0.0569. The highest BCUT2D eigenvalue weighted by Crippen LogP contribution is 2.25. The molecule has 1 heterocycles. The summed E-state index contributed by atoms with van der Waals surface area (Å²) in [5, 5.41) is 11.7. The topological polar surface area (TPSA) is 85.8 Å². The van der Waals surface area contributed by atoms with Crippen molar-refractivity contribution in [2.75, 3.05) is 12.4 Å². The molecule has 1 aromatic carbocycles. The Morgan fingerprint density at radius 1 is 1.43 bits per heavy atom. The highest BCUT2D eigenvalue weighted by atomic mass is 35.5. The van der Waals surface area contributed by atoms with E-state index in [1.54, 1.807) is 19.1 Å². The van der Waals surface area contributed by atoms with Crippen LogP contribution in [-0.2, 0) is 4.79 Å². The van der Waals surface area contributed by atoms with Crippen LogP contribution < -0.4 is 11.2 Å². The Morgan fingerprint density at radius 3 is 2.71 bits per heavy atom. The Morgan fingerprint density at radius 2 is 2.10 bits per heavy atom. The first-order chi connectivity index (χ1) is 10.0. The van der Waals surface area contributed by atoms with E-state index < -0.39 is 0 Å². The Bertz CT molecular complexity index is 628. The number of nitrogens with two attached hydrogens (primary N) is 1.